The second-order valence-electron chi connectivity index (χ2n) is 5.55. The second kappa shape index (κ2) is 9.38. The SMILES string of the molecule is NC(CCCNC(=O)O)C(=O)Nc1ccc(Oc2ccc(F)cc2)cc1. The average molecular weight is 361 g/mol. The number of nitrogens with two attached hydrogens (primary N) is 1. The first kappa shape index (κ1) is 19.2. The number of carbonyl (C=O) groups excluding carboxylic acids is 1. The maximum absolute atomic E-state index is 12.9. The predicted octanol–water partition coefficient (Wildman–Crippen LogP) is 2.93. The fraction of sp³-hybridized carbons (Fsp3) is 0.222. The molecule has 7 nitrogen and oxygen atoms in total. The van der Waals surface area contributed by atoms with Crippen molar-refractivity contribution in [3.63, 3.8) is 0 Å². The highest BCUT2D eigenvalue weighted by atomic mass is 19.1. The lowest BCUT2D eigenvalue weighted by atomic mass is 10.1. The maximum Gasteiger partial charge on any atom is 0.404 e. The average Bonchev–Trinajstić information content (AvgIpc) is 2.62. The fourth-order valence-electron chi connectivity index (χ4n) is 2.13. The van der Waals surface area contributed by atoms with Gasteiger partial charge < -0.3 is 26.2 Å². The monoisotopic (exact) mass is 361 g/mol. The highest BCUT2D eigenvalue weighted by Crippen LogP contribution is 2.23. The number of carbonyl (C=O) groups is 2. The summed E-state index contributed by atoms with van der Waals surface area (Å²) >= 11 is 0. The van der Waals surface area contributed by atoms with Crippen LogP contribution < -0.4 is 21.1 Å². The smallest absolute Gasteiger partial charge is 0.404 e. The van der Waals surface area contributed by atoms with Gasteiger partial charge in [-0.25, -0.2) is 9.18 Å². The zero-order chi connectivity index (χ0) is 18.9. The number of ether oxygens (including phenoxy) is 1. The van der Waals surface area contributed by atoms with E-state index in [0.29, 0.717) is 30.0 Å². The lowest BCUT2D eigenvalue weighted by Crippen LogP contribution is -2.36. The molecule has 1 atom stereocenters. The number of carboxylic acid groups (broad SMARTS) is 1. The highest BCUT2D eigenvalue weighted by Gasteiger charge is 2.13. The Labute approximate surface area is 150 Å². The molecule has 1 unspecified atom stereocenters. The topological polar surface area (TPSA) is 114 Å². The van der Waals surface area contributed by atoms with Gasteiger partial charge in [0.05, 0.1) is 6.04 Å². The van der Waals surface area contributed by atoms with Crippen molar-refractivity contribution in [2.75, 3.05) is 11.9 Å². The molecule has 2 aromatic carbocycles. The molecule has 0 spiro atoms. The molecule has 26 heavy (non-hydrogen) atoms. The van der Waals surface area contributed by atoms with Crippen LogP contribution in [-0.2, 0) is 4.79 Å². The van der Waals surface area contributed by atoms with Crippen LogP contribution in [0.3, 0.4) is 0 Å². The van der Waals surface area contributed by atoms with Crippen LogP contribution in [0.1, 0.15) is 12.8 Å². The molecule has 8 heteroatoms. The summed E-state index contributed by atoms with van der Waals surface area (Å²) in [7, 11) is 0. The molecule has 0 heterocycles. The number of anilines is 1. The van der Waals surface area contributed by atoms with E-state index < -0.39 is 12.1 Å². The Hall–Kier alpha value is -3.13. The summed E-state index contributed by atoms with van der Waals surface area (Å²) in [4.78, 5) is 22.3. The number of halogens is 1. The second-order valence-corrected chi connectivity index (χ2v) is 5.55. The van der Waals surface area contributed by atoms with Crippen molar-refractivity contribution in [2.24, 2.45) is 5.73 Å². The Bertz CT molecular complexity index is 735. The van der Waals surface area contributed by atoms with Gasteiger partial charge in [-0.2, -0.15) is 0 Å². The van der Waals surface area contributed by atoms with E-state index >= 15 is 0 Å². The summed E-state index contributed by atoms with van der Waals surface area (Å²) in [6.07, 6.45) is -0.283. The van der Waals surface area contributed by atoms with E-state index in [4.69, 9.17) is 15.6 Å². The van der Waals surface area contributed by atoms with Crippen molar-refractivity contribution in [3.05, 3.63) is 54.3 Å². The van der Waals surface area contributed by atoms with E-state index in [1.54, 1.807) is 24.3 Å². The first-order valence-electron chi connectivity index (χ1n) is 8.01. The first-order chi connectivity index (χ1) is 12.4. The molecule has 2 rings (SSSR count). The minimum absolute atomic E-state index is 0.242. The number of rotatable bonds is 8. The number of nitrogens with one attached hydrogen (secondary N) is 2. The van der Waals surface area contributed by atoms with Gasteiger partial charge in [0.25, 0.3) is 0 Å². The van der Waals surface area contributed by atoms with Crippen LogP contribution in [0.4, 0.5) is 14.9 Å². The lowest BCUT2D eigenvalue weighted by Gasteiger charge is -2.13. The van der Waals surface area contributed by atoms with Gasteiger partial charge in [-0.3, -0.25) is 4.79 Å². The zero-order valence-electron chi connectivity index (χ0n) is 13.9. The molecule has 5 N–H and O–H groups in total. The molecule has 0 radical (unpaired) electrons. The van der Waals surface area contributed by atoms with E-state index in [9.17, 15) is 14.0 Å². The summed E-state index contributed by atoms with van der Waals surface area (Å²) in [5.41, 5.74) is 6.34. The van der Waals surface area contributed by atoms with Crippen LogP contribution in [0.25, 0.3) is 0 Å². The van der Waals surface area contributed by atoms with Crippen LogP contribution >= 0.6 is 0 Å². The van der Waals surface area contributed by atoms with E-state index in [1.807, 2.05) is 0 Å². The molecule has 0 saturated carbocycles. The normalized spacial score (nSPS) is 11.5. The summed E-state index contributed by atoms with van der Waals surface area (Å²) in [5.74, 6) is 0.344. The third-order valence-corrected chi connectivity index (χ3v) is 3.48. The Morgan fingerprint density at radius 3 is 2.23 bits per heavy atom. The van der Waals surface area contributed by atoms with Crippen LogP contribution in [0.2, 0.25) is 0 Å². The van der Waals surface area contributed by atoms with Gasteiger partial charge in [0.1, 0.15) is 17.3 Å². The van der Waals surface area contributed by atoms with Gasteiger partial charge in [-0.05, 0) is 61.4 Å². The molecule has 0 bridgehead atoms. The van der Waals surface area contributed by atoms with Gasteiger partial charge in [0.15, 0.2) is 0 Å². The van der Waals surface area contributed by atoms with Gasteiger partial charge in [-0.15, -0.1) is 0 Å². The Balaban J connectivity index is 1.81. The third-order valence-electron chi connectivity index (χ3n) is 3.48. The third kappa shape index (κ3) is 6.40. The number of hydrogen-bond donors (Lipinski definition) is 4. The standard InChI is InChI=1S/C18H20FN3O4/c19-12-3-7-14(8-4-12)26-15-9-5-13(6-10-15)22-17(23)16(20)2-1-11-21-18(24)25/h3-10,16,21H,1-2,11,20H2,(H,22,23)(H,24,25). The summed E-state index contributed by atoms with van der Waals surface area (Å²) in [6.45, 7) is 0.242. The molecule has 0 aliphatic heterocycles. The van der Waals surface area contributed by atoms with Crippen molar-refractivity contribution < 1.29 is 23.8 Å². The minimum Gasteiger partial charge on any atom is -0.465 e. The number of amides is 2. The van der Waals surface area contributed by atoms with Crippen molar-refractivity contribution in [3.8, 4) is 11.5 Å². The van der Waals surface area contributed by atoms with Crippen LogP contribution in [0.5, 0.6) is 11.5 Å². The van der Waals surface area contributed by atoms with Gasteiger partial charge in [0, 0.05) is 12.2 Å². The van der Waals surface area contributed by atoms with Gasteiger partial charge in [-0.1, -0.05) is 0 Å². The Morgan fingerprint density at radius 1 is 1.08 bits per heavy atom. The molecule has 0 aliphatic carbocycles. The summed E-state index contributed by atoms with van der Waals surface area (Å²) < 4.78 is 18.4. The number of benzene rings is 2. The van der Waals surface area contributed by atoms with Crippen molar-refractivity contribution in [1.82, 2.24) is 5.32 Å². The zero-order valence-corrected chi connectivity index (χ0v) is 13.9. The fourth-order valence-corrected chi connectivity index (χ4v) is 2.13. The molecular formula is C18H20FN3O4. The molecule has 0 aromatic heterocycles. The van der Waals surface area contributed by atoms with E-state index in [2.05, 4.69) is 10.6 Å². The van der Waals surface area contributed by atoms with Crippen LogP contribution in [0, 0.1) is 5.82 Å². The van der Waals surface area contributed by atoms with Gasteiger partial charge in [0.2, 0.25) is 5.91 Å². The Morgan fingerprint density at radius 2 is 1.65 bits per heavy atom. The summed E-state index contributed by atoms with van der Waals surface area (Å²) in [5, 5.41) is 13.4. The lowest BCUT2D eigenvalue weighted by molar-refractivity contribution is -0.117. The highest BCUT2D eigenvalue weighted by molar-refractivity contribution is 5.94. The molecule has 2 amide bonds. The molecule has 2 aromatic rings. The van der Waals surface area contributed by atoms with Crippen LogP contribution in [-0.4, -0.2) is 29.7 Å². The molecule has 0 saturated heterocycles. The van der Waals surface area contributed by atoms with Crippen molar-refractivity contribution in [1.29, 1.82) is 0 Å². The maximum atomic E-state index is 12.9. The number of hydrogen-bond acceptors (Lipinski definition) is 4. The quantitative estimate of drug-likeness (QED) is 0.540. The predicted molar refractivity (Wildman–Crippen MR) is 94.8 cm³/mol. The van der Waals surface area contributed by atoms with E-state index in [-0.39, 0.29) is 18.3 Å². The van der Waals surface area contributed by atoms with E-state index in [1.165, 1.54) is 24.3 Å². The molecule has 138 valence electrons. The molecule has 0 fully saturated rings. The largest absolute Gasteiger partial charge is 0.465 e. The van der Waals surface area contributed by atoms with Crippen molar-refractivity contribution in [2.45, 2.75) is 18.9 Å². The van der Waals surface area contributed by atoms with Gasteiger partial charge >= 0.3 is 6.09 Å². The Kier molecular flexibility index (Phi) is 6.92. The minimum atomic E-state index is -1.11. The van der Waals surface area contributed by atoms with Crippen molar-refractivity contribution >= 4 is 17.7 Å². The summed E-state index contributed by atoms with van der Waals surface area (Å²) in [6, 6.07) is 11.6. The molecule has 0 aliphatic rings. The molecular weight excluding hydrogens is 341 g/mol. The van der Waals surface area contributed by atoms with E-state index in [0.717, 1.165) is 0 Å². The van der Waals surface area contributed by atoms with Crippen LogP contribution in [0.15, 0.2) is 48.5 Å². The first-order valence-corrected chi connectivity index (χ1v) is 8.01.